The first kappa shape index (κ1) is 19.8. The predicted molar refractivity (Wildman–Crippen MR) is 133 cm³/mol. The normalized spacial score (nSPS) is 11.1. The summed E-state index contributed by atoms with van der Waals surface area (Å²) in [5.74, 6) is 0. The molecule has 4 heteroatoms. The lowest BCUT2D eigenvalue weighted by Gasteiger charge is -2.09. The van der Waals surface area contributed by atoms with Gasteiger partial charge in [-0.05, 0) is 48.5 Å². The van der Waals surface area contributed by atoms with Crippen LogP contribution in [0.5, 0.6) is 0 Å². The summed E-state index contributed by atoms with van der Waals surface area (Å²) in [6, 6.07) is 30.8. The minimum absolute atomic E-state index is 0.115. The van der Waals surface area contributed by atoms with E-state index in [1.54, 1.807) is 0 Å². The van der Waals surface area contributed by atoms with Gasteiger partial charge in [0.25, 0.3) is 0 Å². The maximum absolute atomic E-state index is 12.2. The predicted octanol–water partition coefficient (Wildman–Crippen LogP) is 5.38. The van der Waals surface area contributed by atoms with Crippen LogP contribution >= 0.6 is 0 Å². The van der Waals surface area contributed by atoms with Crippen LogP contribution in [-0.4, -0.2) is 9.13 Å². The second-order valence-electron chi connectivity index (χ2n) is 7.84. The molecule has 0 fully saturated rings. The molecule has 32 heavy (non-hydrogen) atoms. The van der Waals surface area contributed by atoms with Crippen molar-refractivity contribution in [2.24, 2.45) is 14.1 Å². The van der Waals surface area contributed by atoms with Gasteiger partial charge < -0.3 is 9.13 Å². The van der Waals surface area contributed by atoms with Gasteiger partial charge in [-0.1, -0.05) is 48.5 Å². The van der Waals surface area contributed by atoms with Gasteiger partial charge in [-0.15, -0.1) is 0 Å². The molecule has 0 atom stereocenters. The molecule has 2 aromatic heterocycles. The summed E-state index contributed by atoms with van der Waals surface area (Å²) < 4.78 is 4.12. The molecule has 4 nitrogen and oxygen atoms in total. The highest BCUT2D eigenvalue weighted by atomic mass is 16.1. The molecule has 0 aliphatic carbocycles. The highest BCUT2D eigenvalue weighted by Crippen LogP contribution is 2.18. The SMILES string of the molecule is Cn1c2ccccc2c(=O)c2ccccc21.Cn1c2ccccc2c(=O)c2ccccc21. The van der Waals surface area contributed by atoms with E-state index >= 15 is 0 Å². The number of hydrogen-bond acceptors (Lipinski definition) is 2. The summed E-state index contributed by atoms with van der Waals surface area (Å²) >= 11 is 0. The minimum Gasteiger partial charge on any atom is -0.343 e. The summed E-state index contributed by atoms with van der Waals surface area (Å²) in [5.41, 5.74) is 4.14. The van der Waals surface area contributed by atoms with Gasteiger partial charge in [0.15, 0.2) is 10.9 Å². The van der Waals surface area contributed by atoms with Crippen LogP contribution in [0, 0.1) is 0 Å². The van der Waals surface area contributed by atoms with Crippen LogP contribution in [-0.2, 0) is 14.1 Å². The lowest BCUT2D eigenvalue weighted by molar-refractivity contribution is 1.00. The lowest BCUT2D eigenvalue weighted by atomic mass is 10.1. The van der Waals surface area contributed by atoms with Gasteiger partial charge in [-0.25, -0.2) is 0 Å². The van der Waals surface area contributed by atoms with Crippen LogP contribution in [0.25, 0.3) is 43.6 Å². The smallest absolute Gasteiger partial charge is 0.197 e. The molecule has 0 aliphatic heterocycles. The molecule has 6 rings (SSSR count). The topological polar surface area (TPSA) is 44.0 Å². The van der Waals surface area contributed by atoms with Gasteiger partial charge in [-0.2, -0.15) is 0 Å². The molecule has 0 unspecified atom stereocenters. The molecule has 0 aliphatic rings. The van der Waals surface area contributed by atoms with Crippen LogP contribution in [0.4, 0.5) is 0 Å². The Morgan fingerprint density at radius 3 is 0.875 bits per heavy atom. The number of fused-ring (bicyclic) bond motifs is 4. The Morgan fingerprint density at radius 2 is 0.625 bits per heavy atom. The van der Waals surface area contributed by atoms with Gasteiger partial charge in [-0.3, -0.25) is 9.59 Å². The minimum atomic E-state index is 0.115. The fourth-order valence-electron chi connectivity index (χ4n) is 4.38. The molecular weight excluding hydrogens is 396 g/mol. The third-order valence-electron chi connectivity index (χ3n) is 6.04. The lowest BCUT2D eigenvalue weighted by Crippen LogP contribution is -2.08. The van der Waals surface area contributed by atoms with Gasteiger partial charge in [0.2, 0.25) is 0 Å². The number of pyridine rings is 2. The number of hydrogen-bond donors (Lipinski definition) is 0. The number of aromatic nitrogens is 2. The van der Waals surface area contributed by atoms with Crippen molar-refractivity contribution >= 4 is 43.6 Å². The molecule has 0 spiro atoms. The molecule has 0 saturated heterocycles. The number of aryl methyl sites for hydroxylation is 2. The van der Waals surface area contributed by atoms with E-state index in [0.29, 0.717) is 0 Å². The molecule has 0 amide bonds. The van der Waals surface area contributed by atoms with Gasteiger partial charge in [0.05, 0.1) is 22.1 Å². The maximum Gasteiger partial charge on any atom is 0.197 e. The monoisotopic (exact) mass is 418 g/mol. The van der Waals surface area contributed by atoms with E-state index in [-0.39, 0.29) is 10.9 Å². The van der Waals surface area contributed by atoms with Crippen molar-refractivity contribution in [3.63, 3.8) is 0 Å². The van der Waals surface area contributed by atoms with Crippen molar-refractivity contribution in [1.29, 1.82) is 0 Å². The largest absolute Gasteiger partial charge is 0.343 e. The molecular formula is C28H22N2O2. The average Bonchev–Trinajstić information content (AvgIpc) is 2.86. The van der Waals surface area contributed by atoms with Crippen LogP contribution in [0.2, 0.25) is 0 Å². The highest BCUT2D eigenvalue weighted by Gasteiger charge is 2.07. The van der Waals surface area contributed by atoms with Gasteiger partial charge >= 0.3 is 0 Å². The summed E-state index contributed by atoms with van der Waals surface area (Å²) in [5, 5.41) is 3.12. The van der Waals surface area contributed by atoms with E-state index in [2.05, 4.69) is 9.13 Å². The van der Waals surface area contributed by atoms with E-state index in [0.717, 1.165) is 43.6 Å². The average molecular weight is 418 g/mol. The first-order chi connectivity index (χ1) is 15.6. The number of rotatable bonds is 0. The molecule has 2 heterocycles. The fourth-order valence-corrected chi connectivity index (χ4v) is 4.38. The van der Waals surface area contributed by atoms with Crippen molar-refractivity contribution in [2.75, 3.05) is 0 Å². The molecule has 4 aromatic carbocycles. The zero-order valence-electron chi connectivity index (χ0n) is 17.9. The Balaban J connectivity index is 0.000000135. The van der Waals surface area contributed by atoms with Crippen molar-refractivity contribution in [1.82, 2.24) is 9.13 Å². The van der Waals surface area contributed by atoms with Gasteiger partial charge in [0.1, 0.15) is 0 Å². The second-order valence-corrected chi connectivity index (χ2v) is 7.84. The second kappa shape index (κ2) is 7.82. The molecule has 0 saturated carbocycles. The summed E-state index contributed by atoms with van der Waals surface area (Å²) in [6.45, 7) is 0. The molecule has 156 valence electrons. The van der Waals surface area contributed by atoms with E-state index < -0.39 is 0 Å². The number of nitrogens with zero attached hydrogens (tertiary/aromatic N) is 2. The van der Waals surface area contributed by atoms with Gasteiger partial charge in [0, 0.05) is 35.6 Å². The highest BCUT2D eigenvalue weighted by molar-refractivity contribution is 5.94. The van der Waals surface area contributed by atoms with Crippen molar-refractivity contribution in [3.05, 3.63) is 118 Å². The van der Waals surface area contributed by atoms with E-state index in [1.165, 1.54) is 0 Å². The van der Waals surface area contributed by atoms with E-state index in [1.807, 2.05) is 111 Å². The first-order valence-electron chi connectivity index (χ1n) is 10.5. The van der Waals surface area contributed by atoms with Crippen LogP contribution in [0.15, 0.2) is 107 Å². The Kier molecular flexibility index (Phi) is 4.83. The Hall–Kier alpha value is -4.18. The third kappa shape index (κ3) is 3.08. The van der Waals surface area contributed by atoms with Crippen LogP contribution in [0.3, 0.4) is 0 Å². The summed E-state index contributed by atoms with van der Waals surface area (Å²) in [4.78, 5) is 24.5. The quantitative estimate of drug-likeness (QED) is 0.311. The Bertz CT molecular complexity index is 1490. The van der Waals surface area contributed by atoms with Crippen LogP contribution in [0.1, 0.15) is 0 Å². The first-order valence-corrected chi connectivity index (χ1v) is 10.5. The van der Waals surface area contributed by atoms with Crippen LogP contribution < -0.4 is 10.9 Å². The number of para-hydroxylation sites is 4. The Morgan fingerprint density at radius 1 is 0.406 bits per heavy atom. The third-order valence-corrected chi connectivity index (χ3v) is 6.04. The Labute approximate surface area is 184 Å². The molecule has 0 radical (unpaired) electrons. The van der Waals surface area contributed by atoms with Crippen molar-refractivity contribution in [2.45, 2.75) is 0 Å². The molecule has 6 aromatic rings. The summed E-state index contributed by atoms with van der Waals surface area (Å²) in [6.07, 6.45) is 0. The molecule has 0 bridgehead atoms. The van der Waals surface area contributed by atoms with Crippen molar-refractivity contribution < 1.29 is 0 Å². The maximum atomic E-state index is 12.2. The van der Waals surface area contributed by atoms with Crippen molar-refractivity contribution in [3.8, 4) is 0 Å². The summed E-state index contributed by atoms with van der Waals surface area (Å²) in [7, 11) is 3.98. The zero-order chi connectivity index (χ0) is 22.2. The molecule has 0 N–H and O–H groups in total. The standard InChI is InChI=1S/2C14H11NO/c2*1-15-12-8-4-2-6-10(12)14(16)11-7-3-5-9-13(11)15/h2*2-9H,1H3. The van der Waals surface area contributed by atoms with E-state index in [4.69, 9.17) is 0 Å². The number of benzene rings is 4. The zero-order valence-corrected chi connectivity index (χ0v) is 17.9. The van der Waals surface area contributed by atoms with E-state index in [9.17, 15) is 9.59 Å². The fraction of sp³-hybridized carbons (Fsp3) is 0.0714.